The number of benzene rings is 1. The summed E-state index contributed by atoms with van der Waals surface area (Å²) in [6.45, 7) is 0. The maximum absolute atomic E-state index is 9.22. The molecule has 0 radical (unpaired) electrons. The molecule has 3 rings (SSSR count). The molecule has 0 amide bonds. The van der Waals surface area contributed by atoms with Crippen LogP contribution in [0.15, 0.2) is 41.3 Å². The van der Waals surface area contributed by atoms with E-state index in [-0.39, 0.29) is 5.75 Å². The van der Waals surface area contributed by atoms with Gasteiger partial charge in [-0.3, -0.25) is 0 Å². The van der Waals surface area contributed by atoms with E-state index in [0.717, 1.165) is 11.3 Å². The molecule has 0 fully saturated rings. The molecule has 0 unspecified atom stereocenters. The van der Waals surface area contributed by atoms with Crippen LogP contribution >= 0.6 is 0 Å². The van der Waals surface area contributed by atoms with Crippen molar-refractivity contribution in [3.63, 3.8) is 0 Å². The predicted octanol–water partition coefficient (Wildman–Crippen LogP) is 1.84. The summed E-state index contributed by atoms with van der Waals surface area (Å²) in [6.07, 6.45) is 3.34. The van der Waals surface area contributed by atoms with Gasteiger partial charge in [-0.25, -0.2) is 4.98 Å². The van der Waals surface area contributed by atoms with Gasteiger partial charge in [-0.1, -0.05) is 5.16 Å². The number of phenols is 1. The van der Waals surface area contributed by atoms with Crippen molar-refractivity contribution in [1.82, 2.24) is 19.7 Å². The van der Waals surface area contributed by atoms with Crippen molar-refractivity contribution in [3.05, 3.63) is 36.8 Å². The number of aromatic nitrogens is 4. The van der Waals surface area contributed by atoms with Crippen molar-refractivity contribution in [1.29, 1.82) is 0 Å². The van der Waals surface area contributed by atoms with Crippen molar-refractivity contribution in [3.8, 4) is 28.7 Å². The fraction of sp³-hybridized carbons (Fsp3) is 0.0833. The van der Waals surface area contributed by atoms with Crippen LogP contribution in [0, 0.1) is 0 Å². The number of aromatic hydroxyl groups is 1. The quantitative estimate of drug-likeness (QED) is 0.742. The van der Waals surface area contributed by atoms with Gasteiger partial charge in [0.1, 0.15) is 11.4 Å². The van der Waals surface area contributed by atoms with E-state index in [1.165, 1.54) is 0 Å². The Morgan fingerprint density at radius 3 is 2.67 bits per heavy atom. The lowest BCUT2D eigenvalue weighted by Gasteiger charge is -1.94. The van der Waals surface area contributed by atoms with Crippen molar-refractivity contribution < 1.29 is 9.63 Å². The molecule has 0 aliphatic carbocycles. The number of imidazole rings is 1. The summed E-state index contributed by atoms with van der Waals surface area (Å²) < 4.78 is 7.00. The first-order chi connectivity index (χ1) is 8.74. The number of hydrogen-bond acceptors (Lipinski definition) is 5. The van der Waals surface area contributed by atoms with E-state index in [4.69, 9.17) is 4.52 Å². The fourth-order valence-electron chi connectivity index (χ4n) is 1.62. The van der Waals surface area contributed by atoms with Gasteiger partial charge in [-0.2, -0.15) is 4.98 Å². The van der Waals surface area contributed by atoms with Gasteiger partial charge < -0.3 is 14.2 Å². The fourth-order valence-corrected chi connectivity index (χ4v) is 1.62. The van der Waals surface area contributed by atoms with Gasteiger partial charge in [0.05, 0.1) is 12.5 Å². The topological polar surface area (TPSA) is 77.0 Å². The molecule has 6 nitrogen and oxygen atoms in total. The molecule has 90 valence electrons. The minimum Gasteiger partial charge on any atom is -0.508 e. The molecule has 3 aromatic rings. The first-order valence-corrected chi connectivity index (χ1v) is 5.34. The summed E-state index contributed by atoms with van der Waals surface area (Å²) >= 11 is 0. The smallest absolute Gasteiger partial charge is 0.258 e. The van der Waals surface area contributed by atoms with Crippen LogP contribution in [0.3, 0.4) is 0 Å². The lowest BCUT2D eigenvalue weighted by molar-refractivity contribution is 0.431. The third-order valence-corrected chi connectivity index (χ3v) is 2.59. The highest BCUT2D eigenvalue weighted by Gasteiger charge is 2.12. The number of aryl methyl sites for hydroxylation is 1. The van der Waals surface area contributed by atoms with Crippen molar-refractivity contribution in [2.75, 3.05) is 0 Å². The summed E-state index contributed by atoms with van der Waals surface area (Å²) in [5, 5.41) is 13.1. The van der Waals surface area contributed by atoms with Gasteiger partial charge in [0.25, 0.3) is 5.89 Å². The molecule has 0 atom stereocenters. The molecule has 0 aliphatic heterocycles. The number of rotatable bonds is 2. The molecule has 0 spiro atoms. The summed E-state index contributed by atoms with van der Waals surface area (Å²) in [5.41, 5.74) is 1.54. The van der Waals surface area contributed by atoms with Crippen LogP contribution in [0.4, 0.5) is 0 Å². The minimum atomic E-state index is 0.199. The lowest BCUT2D eigenvalue weighted by atomic mass is 10.2. The lowest BCUT2D eigenvalue weighted by Crippen LogP contribution is -1.90. The van der Waals surface area contributed by atoms with E-state index in [1.807, 2.05) is 11.6 Å². The van der Waals surface area contributed by atoms with Crippen LogP contribution in [-0.2, 0) is 7.05 Å². The molecule has 6 heteroatoms. The SMILES string of the molecule is Cn1cncc1-c1noc(-c2ccc(O)cc2)n1. The van der Waals surface area contributed by atoms with E-state index in [0.29, 0.717) is 11.7 Å². The molecular weight excluding hydrogens is 232 g/mol. The molecule has 1 N–H and O–H groups in total. The van der Waals surface area contributed by atoms with E-state index in [2.05, 4.69) is 15.1 Å². The van der Waals surface area contributed by atoms with E-state index in [9.17, 15) is 5.11 Å². The highest BCUT2D eigenvalue weighted by atomic mass is 16.5. The average molecular weight is 242 g/mol. The molecule has 2 heterocycles. The van der Waals surface area contributed by atoms with Crippen molar-refractivity contribution in [2.45, 2.75) is 0 Å². The zero-order valence-electron chi connectivity index (χ0n) is 9.61. The first-order valence-electron chi connectivity index (χ1n) is 5.34. The highest BCUT2D eigenvalue weighted by molar-refractivity contribution is 5.57. The Kier molecular flexibility index (Phi) is 2.33. The molecule has 0 saturated carbocycles. The Morgan fingerprint density at radius 2 is 2.00 bits per heavy atom. The van der Waals surface area contributed by atoms with Crippen molar-refractivity contribution >= 4 is 0 Å². The zero-order chi connectivity index (χ0) is 12.5. The average Bonchev–Trinajstić information content (AvgIpc) is 2.98. The first kappa shape index (κ1) is 10.5. The monoisotopic (exact) mass is 242 g/mol. The molecule has 0 bridgehead atoms. The summed E-state index contributed by atoms with van der Waals surface area (Å²) in [7, 11) is 1.86. The summed E-state index contributed by atoms with van der Waals surface area (Å²) in [5.74, 6) is 1.09. The predicted molar refractivity (Wildman–Crippen MR) is 63.6 cm³/mol. The van der Waals surface area contributed by atoms with E-state index >= 15 is 0 Å². The van der Waals surface area contributed by atoms with Gasteiger partial charge in [0.15, 0.2) is 0 Å². The second kappa shape index (κ2) is 3.99. The summed E-state index contributed by atoms with van der Waals surface area (Å²) in [6, 6.07) is 6.58. The largest absolute Gasteiger partial charge is 0.508 e. The molecule has 0 aliphatic rings. The minimum absolute atomic E-state index is 0.199. The Hall–Kier alpha value is -2.63. The second-order valence-electron chi connectivity index (χ2n) is 3.86. The van der Waals surface area contributed by atoms with E-state index in [1.54, 1.807) is 36.8 Å². The van der Waals surface area contributed by atoms with Crippen LogP contribution in [0.2, 0.25) is 0 Å². The van der Waals surface area contributed by atoms with Crippen LogP contribution in [-0.4, -0.2) is 24.8 Å². The Balaban J connectivity index is 1.99. The third-order valence-electron chi connectivity index (χ3n) is 2.59. The van der Waals surface area contributed by atoms with Gasteiger partial charge in [0.2, 0.25) is 5.82 Å². The molecule has 2 aromatic heterocycles. The van der Waals surface area contributed by atoms with Gasteiger partial charge >= 0.3 is 0 Å². The Labute approximate surface area is 103 Å². The Bertz CT molecular complexity index is 669. The normalized spacial score (nSPS) is 10.7. The molecule has 18 heavy (non-hydrogen) atoms. The molecular formula is C12H10N4O2. The standard InChI is InChI=1S/C12H10N4O2/c1-16-7-13-6-10(16)11-14-12(18-15-11)8-2-4-9(17)5-3-8/h2-7,17H,1H3. The van der Waals surface area contributed by atoms with Gasteiger partial charge in [-0.05, 0) is 24.3 Å². The van der Waals surface area contributed by atoms with Crippen LogP contribution in [0.25, 0.3) is 23.0 Å². The van der Waals surface area contributed by atoms with E-state index < -0.39 is 0 Å². The zero-order valence-corrected chi connectivity index (χ0v) is 9.61. The van der Waals surface area contributed by atoms with Crippen LogP contribution < -0.4 is 0 Å². The number of phenolic OH excluding ortho intramolecular Hbond substituents is 1. The number of nitrogens with zero attached hydrogens (tertiary/aromatic N) is 4. The van der Waals surface area contributed by atoms with Crippen LogP contribution in [0.5, 0.6) is 5.75 Å². The van der Waals surface area contributed by atoms with Gasteiger partial charge in [0, 0.05) is 12.6 Å². The molecule has 0 saturated heterocycles. The third kappa shape index (κ3) is 1.73. The highest BCUT2D eigenvalue weighted by Crippen LogP contribution is 2.23. The van der Waals surface area contributed by atoms with Gasteiger partial charge in [-0.15, -0.1) is 0 Å². The maximum atomic E-state index is 9.22. The van der Waals surface area contributed by atoms with Crippen molar-refractivity contribution in [2.24, 2.45) is 7.05 Å². The second-order valence-corrected chi connectivity index (χ2v) is 3.86. The summed E-state index contributed by atoms with van der Waals surface area (Å²) in [4.78, 5) is 8.29. The number of hydrogen-bond donors (Lipinski definition) is 1. The molecule has 1 aromatic carbocycles. The maximum Gasteiger partial charge on any atom is 0.258 e. The Morgan fingerprint density at radius 1 is 1.22 bits per heavy atom. The van der Waals surface area contributed by atoms with Crippen LogP contribution in [0.1, 0.15) is 0 Å².